The van der Waals surface area contributed by atoms with E-state index in [9.17, 15) is 4.79 Å². The number of fused-ring (bicyclic) bond motifs is 1. The van der Waals surface area contributed by atoms with E-state index in [0.717, 1.165) is 6.42 Å². The molecule has 1 aliphatic carbocycles. The minimum absolute atomic E-state index is 0.221. The van der Waals surface area contributed by atoms with E-state index < -0.39 is 5.97 Å². The lowest BCUT2D eigenvalue weighted by molar-refractivity contribution is -0.137. The van der Waals surface area contributed by atoms with Crippen molar-refractivity contribution in [2.45, 2.75) is 31.6 Å². The lowest BCUT2D eigenvalue weighted by atomic mass is 9.98. The Morgan fingerprint density at radius 1 is 1.43 bits per heavy atom. The highest BCUT2D eigenvalue weighted by Gasteiger charge is 2.28. The Bertz CT molecular complexity index is 357. The van der Waals surface area contributed by atoms with Crippen LogP contribution in [0, 0.1) is 0 Å². The number of carboxylic acids is 1. The van der Waals surface area contributed by atoms with Crippen LogP contribution in [0.5, 0.6) is 0 Å². The Balaban J connectivity index is 2.29. The summed E-state index contributed by atoms with van der Waals surface area (Å²) in [6, 6.07) is 8.19. The van der Waals surface area contributed by atoms with E-state index in [1.165, 1.54) is 11.1 Å². The monoisotopic (exact) mass is 190 g/mol. The van der Waals surface area contributed by atoms with Crippen molar-refractivity contribution in [3.8, 4) is 0 Å². The molecule has 0 amide bonds. The first kappa shape index (κ1) is 9.25. The lowest BCUT2D eigenvalue weighted by Gasteiger charge is -2.07. The summed E-state index contributed by atoms with van der Waals surface area (Å²) in [7, 11) is 0. The largest absolute Gasteiger partial charge is 0.481 e. The van der Waals surface area contributed by atoms with Crippen molar-refractivity contribution in [2.75, 3.05) is 0 Å². The molecule has 0 fully saturated rings. The Kier molecular flexibility index (Phi) is 2.28. The fraction of sp³-hybridized carbons (Fsp3) is 0.417. The van der Waals surface area contributed by atoms with Crippen LogP contribution in [-0.4, -0.2) is 11.1 Å². The summed E-state index contributed by atoms with van der Waals surface area (Å²) in [4.78, 5) is 10.7. The molecule has 0 aromatic heterocycles. The maximum absolute atomic E-state index is 10.7. The van der Waals surface area contributed by atoms with E-state index in [1.807, 2.05) is 12.1 Å². The average molecular weight is 190 g/mol. The molecule has 0 saturated heterocycles. The van der Waals surface area contributed by atoms with Crippen LogP contribution in [0.1, 0.15) is 42.7 Å². The van der Waals surface area contributed by atoms with Crippen molar-refractivity contribution in [3.05, 3.63) is 35.4 Å². The molecule has 0 radical (unpaired) electrons. The molecule has 2 unspecified atom stereocenters. The molecule has 14 heavy (non-hydrogen) atoms. The molecule has 1 aromatic carbocycles. The van der Waals surface area contributed by atoms with Gasteiger partial charge < -0.3 is 5.11 Å². The maximum atomic E-state index is 10.7. The number of hydrogen-bond acceptors (Lipinski definition) is 1. The van der Waals surface area contributed by atoms with Gasteiger partial charge in [0.05, 0.1) is 6.42 Å². The van der Waals surface area contributed by atoms with Crippen LogP contribution < -0.4 is 0 Å². The molecule has 2 atom stereocenters. The van der Waals surface area contributed by atoms with Crippen LogP contribution >= 0.6 is 0 Å². The third-order valence-electron chi connectivity index (χ3n) is 3.03. The molecule has 0 aliphatic heterocycles. The predicted molar refractivity (Wildman–Crippen MR) is 54.5 cm³/mol. The second-order valence-corrected chi connectivity index (χ2v) is 4.06. The summed E-state index contributed by atoms with van der Waals surface area (Å²) in [5.74, 6) is 0.0353. The highest BCUT2D eigenvalue weighted by atomic mass is 16.4. The highest BCUT2D eigenvalue weighted by Crippen LogP contribution is 2.42. The Labute approximate surface area is 83.6 Å². The number of hydrogen-bond donors (Lipinski definition) is 1. The first-order valence-corrected chi connectivity index (χ1v) is 4.99. The van der Waals surface area contributed by atoms with E-state index >= 15 is 0 Å². The molecule has 1 N–H and O–H groups in total. The number of carbonyl (C=O) groups is 1. The summed E-state index contributed by atoms with van der Waals surface area (Å²) in [5, 5.41) is 8.79. The molecule has 2 rings (SSSR count). The van der Waals surface area contributed by atoms with Crippen LogP contribution in [-0.2, 0) is 4.79 Å². The van der Waals surface area contributed by atoms with Gasteiger partial charge in [-0.15, -0.1) is 0 Å². The van der Waals surface area contributed by atoms with Crippen molar-refractivity contribution in [2.24, 2.45) is 0 Å². The van der Waals surface area contributed by atoms with E-state index in [0.29, 0.717) is 5.92 Å². The normalized spacial score (nSPS) is 24.6. The van der Waals surface area contributed by atoms with Gasteiger partial charge in [-0.05, 0) is 29.4 Å². The van der Waals surface area contributed by atoms with Gasteiger partial charge in [-0.3, -0.25) is 4.79 Å². The number of rotatable bonds is 2. The molecule has 2 heteroatoms. The average Bonchev–Trinajstić information content (AvgIpc) is 2.44. The summed E-state index contributed by atoms with van der Waals surface area (Å²) in [6.07, 6.45) is 1.24. The van der Waals surface area contributed by atoms with Crippen LogP contribution in [0.3, 0.4) is 0 Å². The fourth-order valence-electron chi connectivity index (χ4n) is 2.42. The minimum Gasteiger partial charge on any atom is -0.481 e. The van der Waals surface area contributed by atoms with E-state index in [-0.39, 0.29) is 12.3 Å². The molecular formula is C12H14O2. The topological polar surface area (TPSA) is 37.3 Å². The molecule has 0 heterocycles. The molecule has 2 nitrogen and oxygen atoms in total. The molecular weight excluding hydrogens is 176 g/mol. The third kappa shape index (κ3) is 1.52. The molecule has 1 aliphatic rings. The standard InChI is InChI=1S/C12H14O2/c1-8-6-9(7-12(13)14)11-5-3-2-4-10(8)11/h2-5,8-9H,6-7H2,1H3,(H,13,14). The van der Waals surface area contributed by atoms with E-state index in [4.69, 9.17) is 5.11 Å². The summed E-state index contributed by atoms with van der Waals surface area (Å²) < 4.78 is 0. The van der Waals surface area contributed by atoms with Gasteiger partial charge in [0.25, 0.3) is 0 Å². The SMILES string of the molecule is CC1CC(CC(=O)O)c2ccccc21. The molecule has 1 aromatic rings. The minimum atomic E-state index is -0.695. The van der Waals surface area contributed by atoms with Gasteiger partial charge in [-0.25, -0.2) is 0 Å². The van der Waals surface area contributed by atoms with Gasteiger partial charge in [0.15, 0.2) is 0 Å². The molecule has 74 valence electrons. The lowest BCUT2D eigenvalue weighted by Crippen LogP contribution is -2.02. The molecule has 0 bridgehead atoms. The van der Waals surface area contributed by atoms with Gasteiger partial charge in [0, 0.05) is 0 Å². The van der Waals surface area contributed by atoms with Crippen LogP contribution in [0.15, 0.2) is 24.3 Å². The zero-order chi connectivity index (χ0) is 10.1. The summed E-state index contributed by atoms with van der Waals surface area (Å²) >= 11 is 0. The smallest absolute Gasteiger partial charge is 0.303 e. The van der Waals surface area contributed by atoms with E-state index in [2.05, 4.69) is 19.1 Å². The second kappa shape index (κ2) is 3.45. The first-order valence-electron chi connectivity index (χ1n) is 4.99. The zero-order valence-corrected chi connectivity index (χ0v) is 8.23. The zero-order valence-electron chi connectivity index (χ0n) is 8.23. The van der Waals surface area contributed by atoms with Gasteiger partial charge in [-0.1, -0.05) is 31.2 Å². The summed E-state index contributed by atoms with van der Waals surface area (Å²) in [6.45, 7) is 2.17. The van der Waals surface area contributed by atoms with Crippen molar-refractivity contribution in [1.82, 2.24) is 0 Å². The number of carboxylic acid groups (broad SMARTS) is 1. The quantitative estimate of drug-likeness (QED) is 0.778. The first-order chi connectivity index (χ1) is 6.68. The van der Waals surface area contributed by atoms with Gasteiger partial charge in [0.1, 0.15) is 0 Å². The fourth-order valence-corrected chi connectivity index (χ4v) is 2.42. The van der Waals surface area contributed by atoms with Crippen LogP contribution in [0.4, 0.5) is 0 Å². The third-order valence-corrected chi connectivity index (χ3v) is 3.03. The predicted octanol–water partition coefficient (Wildman–Crippen LogP) is 2.75. The number of aliphatic carboxylic acids is 1. The van der Waals surface area contributed by atoms with Gasteiger partial charge >= 0.3 is 5.97 Å². The Morgan fingerprint density at radius 3 is 2.71 bits per heavy atom. The highest BCUT2D eigenvalue weighted by molar-refractivity contribution is 5.68. The molecule has 0 saturated carbocycles. The van der Waals surface area contributed by atoms with Crippen molar-refractivity contribution < 1.29 is 9.90 Å². The van der Waals surface area contributed by atoms with E-state index in [1.54, 1.807) is 0 Å². The second-order valence-electron chi connectivity index (χ2n) is 4.06. The summed E-state index contributed by atoms with van der Waals surface area (Å²) in [5.41, 5.74) is 2.57. The van der Waals surface area contributed by atoms with Gasteiger partial charge in [-0.2, -0.15) is 0 Å². The number of benzene rings is 1. The van der Waals surface area contributed by atoms with Crippen molar-refractivity contribution in [1.29, 1.82) is 0 Å². The van der Waals surface area contributed by atoms with Crippen molar-refractivity contribution >= 4 is 5.97 Å². The van der Waals surface area contributed by atoms with Crippen LogP contribution in [0.2, 0.25) is 0 Å². The van der Waals surface area contributed by atoms with Gasteiger partial charge in [0.2, 0.25) is 0 Å². The molecule has 0 spiro atoms. The Morgan fingerprint density at radius 2 is 2.07 bits per heavy atom. The van der Waals surface area contributed by atoms with Crippen LogP contribution in [0.25, 0.3) is 0 Å². The maximum Gasteiger partial charge on any atom is 0.303 e. The Hall–Kier alpha value is -1.31. The van der Waals surface area contributed by atoms with Crippen molar-refractivity contribution in [3.63, 3.8) is 0 Å².